The number of hydrogen-bond donors (Lipinski definition) is 4. The molecule has 18 nitrogen and oxygen atoms in total. The van der Waals surface area contributed by atoms with Gasteiger partial charge in [0.05, 0.1) is 67.1 Å². The molecule has 0 radical (unpaired) electrons. The third-order valence-electron chi connectivity index (χ3n) is 14.0. The summed E-state index contributed by atoms with van der Waals surface area (Å²) in [6, 6.07) is 19.1. The van der Waals surface area contributed by atoms with Crippen molar-refractivity contribution < 1.29 is 42.9 Å². The molecule has 4 aliphatic rings. The lowest BCUT2D eigenvalue weighted by Crippen LogP contribution is -2.51. The first-order chi connectivity index (χ1) is 32.9. The average Bonchev–Trinajstić information content (AvgIpc) is 4.21. The predicted octanol–water partition coefficient (Wildman–Crippen LogP) is 7.36. The van der Waals surface area contributed by atoms with Crippen LogP contribution >= 0.6 is 0 Å². The van der Waals surface area contributed by atoms with Gasteiger partial charge in [-0.3, -0.25) is 9.59 Å². The van der Waals surface area contributed by atoms with E-state index in [1.807, 2.05) is 49.6 Å². The van der Waals surface area contributed by atoms with Gasteiger partial charge in [0.1, 0.15) is 49.0 Å². The van der Waals surface area contributed by atoms with Gasteiger partial charge in [0.25, 0.3) is 0 Å². The Morgan fingerprint density at radius 2 is 1.19 bits per heavy atom. The van der Waals surface area contributed by atoms with Gasteiger partial charge in [-0.25, -0.2) is 19.6 Å². The molecule has 4 saturated heterocycles. The molecule has 4 aliphatic heterocycles. The lowest BCUT2D eigenvalue weighted by molar-refractivity contribution is -0.136. The topological polar surface area (TPSA) is 206 Å². The van der Waals surface area contributed by atoms with Gasteiger partial charge >= 0.3 is 12.2 Å². The largest absolute Gasteiger partial charge is 0.491 e. The molecule has 18 heteroatoms. The fourth-order valence-corrected chi connectivity index (χ4v) is 10.4. The summed E-state index contributed by atoms with van der Waals surface area (Å²) in [6.07, 6.45) is 3.56. The number of ether oxygens (including phenoxy) is 5. The van der Waals surface area contributed by atoms with E-state index < -0.39 is 24.3 Å². The summed E-state index contributed by atoms with van der Waals surface area (Å²) >= 11 is 0. The van der Waals surface area contributed by atoms with Gasteiger partial charge in [0.2, 0.25) is 11.8 Å². The Hall–Kier alpha value is -6.40. The number of aromatic nitrogens is 4. The molecule has 2 aromatic heterocycles. The van der Waals surface area contributed by atoms with Crippen molar-refractivity contribution in [2.24, 2.45) is 11.8 Å². The van der Waals surface area contributed by atoms with Gasteiger partial charge in [-0.05, 0) is 110 Å². The number of amides is 4. The van der Waals surface area contributed by atoms with Crippen LogP contribution in [-0.4, -0.2) is 119 Å². The first kappa shape index (κ1) is 46.7. The SMILES string of the molecule is COC(=O)NC(C(=O)N1CCC[C@H]1c1nc2ccc([C@H]3CC[C@H](c4ccc5nc([C@@H]6CCCN6C(=O)[C@@H](NC(=O)OC)C(C)C)[nH]c5c4)N3c3ccc(OCC4COCO4)cc3)cc2[nH]1)C(C)C. The average molecular weight is 934 g/mol. The number of anilines is 1. The minimum absolute atomic E-state index is 0.00583. The Kier molecular flexibility index (Phi) is 13.8. The molecule has 6 heterocycles. The van der Waals surface area contributed by atoms with E-state index >= 15 is 0 Å². The highest BCUT2D eigenvalue weighted by Crippen LogP contribution is 2.48. The Labute approximate surface area is 395 Å². The van der Waals surface area contributed by atoms with Crippen LogP contribution in [-0.2, 0) is 28.5 Å². The van der Waals surface area contributed by atoms with Gasteiger partial charge in [-0.15, -0.1) is 0 Å². The molecule has 0 saturated carbocycles. The third-order valence-corrected chi connectivity index (χ3v) is 14.0. The second-order valence-corrected chi connectivity index (χ2v) is 19.0. The van der Waals surface area contributed by atoms with E-state index in [4.69, 9.17) is 33.7 Å². The fraction of sp³-hybridized carbons (Fsp3) is 0.520. The molecule has 5 aromatic rings. The first-order valence-corrected chi connectivity index (χ1v) is 23.9. The second-order valence-electron chi connectivity index (χ2n) is 19.0. The maximum absolute atomic E-state index is 13.9. The molecule has 4 N–H and O–H groups in total. The summed E-state index contributed by atoms with van der Waals surface area (Å²) in [6.45, 7) is 9.97. The number of hydrogen-bond acceptors (Lipinski definition) is 12. The first-order valence-electron chi connectivity index (χ1n) is 23.9. The van der Waals surface area contributed by atoms with Crippen LogP contribution in [0.2, 0.25) is 0 Å². The Morgan fingerprint density at radius 3 is 1.63 bits per heavy atom. The number of carbonyl (C=O) groups excluding carboxylic acids is 4. The van der Waals surface area contributed by atoms with Gasteiger partial charge in [0, 0.05) is 18.8 Å². The van der Waals surface area contributed by atoms with Crippen molar-refractivity contribution in [3.63, 3.8) is 0 Å². The number of H-pyrrole nitrogens is 2. The van der Waals surface area contributed by atoms with E-state index in [0.717, 1.165) is 94.8 Å². The number of rotatable bonds is 14. The zero-order valence-electron chi connectivity index (χ0n) is 39.7. The van der Waals surface area contributed by atoms with Crippen LogP contribution in [0.5, 0.6) is 5.75 Å². The van der Waals surface area contributed by atoms with Gasteiger partial charge < -0.3 is 59.0 Å². The van der Waals surface area contributed by atoms with E-state index in [9.17, 15) is 19.2 Å². The molecule has 9 rings (SSSR count). The zero-order valence-corrected chi connectivity index (χ0v) is 39.7. The smallest absolute Gasteiger partial charge is 0.407 e. The van der Waals surface area contributed by atoms with E-state index in [2.05, 4.69) is 74.0 Å². The number of likely N-dealkylation sites (tertiary alicyclic amines) is 2. The molecular weight excluding hydrogens is 871 g/mol. The quantitative estimate of drug-likeness (QED) is 0.0862. The number of nitrogens with one attached hydrogen (secondary N) is 4. The summed E-state index contributed by atoms with van der Waals surface area (Å²) in [5, 5.41) is 5.47. The van der Waals surface area contributed by atoms with Crippen LogP contribution in [0.25, 0.3) is 22.1 Å². The van der Waals surface area contributed by atoms with Crippen LogP contribution in [0.1, 0.15) is 113 Å². The highest BCUT2D eigenvalue weighted by atomic mass is 16.7. The monoisotopic (exact) mass is 933 g/mol. The van der Waals surface area contributed by atoms with Gasteiger partial charge in [-0.2, -0.15) is 0 Å². The molecule has 3 aromatic carbocycles. The number of nitrogens with zero attached hydrogens (tertiary/aromatic N) is 5. The highest BCUT2D eigenvalue weighted by molar-refractivity contribution is 5.87. The lowest BCUT2D eigenvalue weighted by Gasteiger charge is -2.33. The zero-order chi connectivity index (χ0) is 47.6. The molecule has 0 aliphatic carbocycles. The Balaban J connectivity index is 0.997. The predicted molar refractivity (Wildman–Crippen MR) is 253 cm³/mol. The number of fused-ring (bicyclic) bond motifs is 2. The maximum atomic E-state index is 13.9. The summed E-state index contributed by atoms with van der Waals surface area (Å²) in [5.41, 5.74) is 6.72. The molecule has 68 heavy (non-hydrogen) atoms. The van der Waals surface area contributed by atoms with Gasteiger partial charge in [-0.1, -0.05) is 39.8 Å². The number of carbonyl (C=O) groups is 4. The Bertz CT molecular complexity index is 2460. The number of aromatic amines is 2. The van der Waals surface area contributed by atoms with Crippen LogP contribution in [0.15, 0.2) is 60.7 Å². The normalized spacial score (nSPS) is 22.6. The summed E-state index contributed by atoms with van der Waals surface area (Å²) < 4.78 is 26.7. The van der Waals surface area contributed by atoms with Gasteiger partial charge in [0.15, 0.2) is 0 Å². The van der Waals surface area contributed by atoms with Crippen LogP contribution < -0.4 is 20.3 Å². The van der Waals surface area contributed by atoms with Crippen molar-refractivity contribution in [2.45, 2.75) is 109 Å². The second kappa shape index (κ2) is 20.1. The molecule has 4 amide bonds. The summed E-state index contributed by atoms with van der Waals surface area (Å²) in [5.74, 6) is 1.63. The van der Waals surface area contributed by atoms with Crippen molar-refractivity contribution in [1.29, 1.82) is 0 Å². The maximum Gasteiger partial charge on any atom is 0.407 e. The molecule has 7 atom stereocenters. The van der Waals surface area contributed by atoms with Crippen molar-refractivity contribution in [2.75, 3.05) is 52.2 Å². The highest BCUT2D eigenvalue weighted by Gasteiger charge is 2.40. The van der Waals surface area contributed by atoms with E-state index in [0.29, 0.717) is 26.3 Å². The number of alkyl carbamates (subject to hydrolysis) is 2. The van der Waals surface area contributed by atoms with Crippen LogP contribution in [0.4, 0.5) is 15.3 Å². The number of methoxy groups -OCH3 is 2. The van der Waals surface area contributed by atoms with Crippen LogP contribution in [0, 0.1) is 11.8 Å². The molecule has 4 fully saturated rings. The third kappa shape index (κ3) is 9.52. The lowest BCUT2D eigenvalue weighted by atomic mass is 10.0. The molecule has 2 unspecified atom stereocenters. The Morgan fingerprint density at radius 1 is 0.691 bits per heavy atom. The standard InChI is InChI=1S/C50H63N9O9/c1-28(2)43(55-49(62)64-5)47(60)57-21-7-9-41(57)45-51-35-17-11-30(23-37(35)53-45)39-19-20-40(59(39)32-13-15-33(16-14-32)67-26-34-25-66-27-68-34)31-12-18-36-38(24-31)54-46(52-36)42-10-8-22-58(42)48(61)44(29(3)4)56-50(63)65-6/h11-18,23-24,28-29,34,39-44H,7-10,19-22,25-27H2,1-6H3,(H,51,53)(H,52,54)(H,55,62)(H,56,63)/t34?,39-,40-,41+,42+,43+,44?/m1/s1. The molecule has 0 bridgehead atoms. The minimum Gasteiger partial charge on any atom is -0.491 e. The fourth-order valence-electron chi connectivity index (χ4n) is 10.4. The van der Waals surface area contributed by atoms with Crippen molar-refractivity contribution in [1.82, 2.24) is 40.4 Å². The van der Waals surface area contributed by atoms with Crippen molar-refractivity contribution in [3.8, 4) is 5.75 Å². The number of imidazole rings is 2. The van der Waals surface area contributed by atoms with E-state index in [1.165, 1.54) is 14.2 Å². The van der Waals surface area contributed by atoms with Crippen molar-refractivity contribution >= 4 is 51.8 Å². The van der Waals surface area contributed by atoms with Crippen LogP contribution in [0.3, 0.4) is 0 Å². The van der Waals surface area contributed by atoms with E-state index in [1.54, 1.807) is 0 Å². The summed E-state index contributed by atoms with van der Waals surface area (Å²) in [7, 11) is 2.59. The molecule has 0 spiro atoms. The molecular formula is C50H63N9O9. The van der Waals surface area contributed by atoms with E-state index in [-0.39, 0.29) is 60.7 Å². The number of benzene rings is 3. The minimum atomic E-state index is -0.720. The summed E-state index contributed by atoms with van der Waals surface area (Å²) in [4.78, 5) is 75.6. The van der Waals surface area contributed by atoms with Crippen molar-refractivity contribution in [3.05, 3.63) is 83.4 Å². The molecule has 362 valence electrons.